The molecule has 128 valence electrons. The zero-order valence-electron chi connectivity index (χ0n) is 15.0. The van der Waals surface area contributed by atoms with Gasteiger partial charge < -0.3 is 4.74 Å². The first kappa shape index (κ1) is 18.3. The molecule has 0 atom stereocenters. The molecule has 0 amide bonds. The molecule has 0 saturated heterocycles. The molecule has 2 aromatic rings. The zero-order valence-corrected chi connectivity index (χ0v) is 15.0. The molecule has 2 nitrogen and oxygen atoms in total. The highest BCUT2D eigenvalue weighted by molar-refractivity contribution is 5.91. The van der Waals surface area contributed by atoms with Crippen LogP contribution in [0.15, 0.2) is 54.6 Å². The Bertz CT molecular complexity index is 644. The third-order valence-corrected chi connectivity index (χ3v) is 4.21. The SMILES string of the molecule is CCCc1ccccc1C(=O)OC(C)(C)CCCc1ccccc1. The smallest absolute Gasteiger partial charge is 0.338 e. The first-order chi connectivity index (χ1) is 11.5. The van der Waals surface area contributed by atoms with Gasteiger partial charge in [0.25, 0.3) is 0 Å². The second-order valence-corrected chi connectivity index (χ2v) is 6.90. The monoisotopic (exact) mass is 324 g/mol. The molecule has 2 aromatic carbocycles. The van der Waals surface area contributed by atoms with E-state index in [2.05, 4.69) is 31.2 Å². The van der Waals surface area contributed by atoms with E-state index in [9.17, 15) is 4.79 Å². The highest BCUT2D eigenvalue weighted by Crippen LogP contribution is 2.22. The molecule has 2 rings (SSSR count). The van der Waals surface area contributed by atoms with Gasteiger partial charge >= 0.3 is 5.97 Å². The Labute approximate surface area is 145 Å². The molecule has 0 bridgehead atoms. The second kappa shape index (κ2) is 8.68. The van der Waals surface area contributed by atoms with E-state index in [1.165, 1.54) is 5.56 Å². The van der Waals surface area contributed by atoms with Crippen LogP contribution in [0.3, 0.4) is 0 Å². The Hall–Kier alpha value is -2.09. The summed E-state index contributed by atoms with van der Waals surface area (Å²) in [6, 6.07) is 18.2. The molecule has 0 unspecified atom stereocenters. The van der Waals surface area contributed by atoms with Gasteiger partial charge in [0.15, 0.2) is 0 Å². The van der Waals surface area contributed by atoms with E-state index in [1.807, 2.05) is 44.2 Å². The Balaban J connectivity index is 1.92. The van der Waals surface area contributed by atoms with Crippen molar-refractivity contribution >= 4 is 5.97 Å². The van der Waals surface area contributed by atoms with Crippen LogP contribution in [0.1, 0.15) is 61.5 Å². The van der Waals surface area contributed by atoms with Crippen LogP contribution in [0.5, 0.6) is 0 Å². The molecule has 0 aromatic heterocycles. The predicted octanol–water partition coefficient (Wildman–Crippen LogP) is 5.60. The van der Waals surface area contributed by atoms with Gasteiger partial charge in [0.2, 0.25) is 0 Å². The fraction of sp³-hybridized carbons (Fsp3) is 0.409. The van der Waals surface area contributed by atoms with Gasteiger partial charge in [-0.2, -0.15) is 0 Å². The Morgan fingerprint density at radius 1 is 0.958 bits per heavy atom. The van der Waals surface area contributed by atoms with Gasteiger partial charge in [0.05, 0.1) is 5.56 Å². The lowest BCUT2D eigenvalue weighted by Gasteiger charge is -2.25. The molecule has 0 spiro atoms. The Kier molecular flexibility index (Phi) is 6.60. The maximum atomic E-state index is 12.6. The van der Waals surface area contributed by atoms with Crippen LogP contribution >= 0.6 is 0 Å². The van der Waals surface area contributed by atoms with Crippen LogP contribution in [-0.2, 0) is 17.6 Å². The third kappa shape index (κ3) is 5.52. The molecule has 0 aliphatic rings. The summed E-state index contributed by atoms with van der Waals surface area (Å²) >= 11 is 0. The third-order valence-electron chi connectivity index (χ3n) is 4.21. The molecule has 0 fully saturated rings. The van der Waals surface area contributed by atoms with Crippen LogP contribution < -0.4 is 0 Å². The number of benzene rings is 2. The van der Waals surface area contributed by atoms with Gasteiger partial charge in [0.1, 0.15) is 5.60 Å². The zero-order chi connectivity index (χ0) is 17.4. The molecule has 0 radical (unpaired) electrons. The lowest BCUT2D eigenvalue weighted by atomic mass is 9.98. The van der Waals surface area contributed by atoms with E-state index in [4.69, 9.17) is 4.74 Å². The van der Waals surface area contributed by atoms with Crippen LogP contribution in [-0.4, -0.2) is 11.6 Å². The highest BCUT2D eigenvalue weighted by Gasteiger charge is 2.24. The lowest BCUT2D eigenvalue weighted by molar-refractivity contribution is -0.00531. The van der Waals surface area contributed by atoms with Crippen molar-refractivity contribution in [3.05, 3.63) is 71.3 Å². The highest BCUT2D eigenvalue weighted by atomic mass is 16.6. The molecule has 2 heteroatoms. The van der Waals surface area contributed by atoms with Crippen molar-refractivity contribution in [2.45, 2.75) is 58.5 Å². The van der Waals surface area contributed by atoms with Gasteiger partial charge in [-0.1, -0.05) is 61.9 Å². The average Bonchev–Trinajstić information content (AvgIpc) is 2.56. The van der Waals surface area contributed by atoms with Gasteiger partial charge in [-0.25, -0.2) is 4.79 Å². The van der Waals surface area contributed by atoms with E-state index >= 15 is 0 Å². The normalized spacial score (nSPS) is 11.3. The van der Waals surface area contributed by atoms with Gasteiger partial charge in [-0.05, 0) is 56.7 Å². The minimum Gasteiger partial charge on any atom is -0.456 e. The first-order valence-corrected chi connectivity index (χ1v) is 8.87. The summed E-state index contributed by atoms with van der Waals surface area (Å²) < 4.78 is 5.81. The number of rotatable bonds is 8. The Morgan fingerprint density at radius 3 is 2.33 bits per heavy atom. The Morgan fingerprint density at radius 2 is 1.62 bits per heavy atom. The van der Waals surface area contributed by atoms with E-state index in [0.717, 1.165) is 37.7 Å². The number of aryl methyl sites for hydroxylation is 2. The van der Waals surface area contributed by atoms with Gasteiger partial charge in [-0.15, -0.1) is 0 Å². The molecule has 0 heterocycles. The quantitative estimate of drug-likeness (QED) is 0.591. The molecular formula is C22H28O2. The summed E-state index contributed by atoms with van der Waals surface area (Å²) in [4.78, 5) is 12.6. The summed E-state index contributed by atoms with van der Waals surface area (Å²) in [5.74, 6) is -0.205. The summed E-state index contributed by atoms with van der Waals surface area (Å²) in [7, 11) is 0. The van der Waals surface area contributed by atoms with Crippen molar-refractivity contribution in [1.82, 2.24) is 0 Å². The number of carbonyl (C=O) groups is 1. The largest absolute Gasteiger partial charge is 0.456 e. The maximum Gasteiger partial charge on any atom is 0.338 e. The van der Waals surface area contributed by atoms with E-state index < -0.39 is 5.60 Å². The van der Waals surface area contributed by atoms with Crippen molar-refractivity contribution in [2.24, 2.45) is 0 Å². The minimum atomic E-state index is -0.453. The fourth-order valence-corrected chi connectivity index (χ4v) is 2.93. The second-order valence-electron chi connectivity index (χ2n) is 6.90. The molecule has 24 heavy (non-hydrogen) atoms. The summed E-state index contributed by atoms with van der Waals surface area (Å²) in [6.07, 6.45) is 4.78. The van der Waals surface area contributed by atoms with Crippen LogP contribution in [0, 0.1) is 0 Å². The summed E-state index contributed by atoms with van der Waals surface area (Å²) in [6.45, 7) is 6.12. The molecular weight excluding hydrogens is 296 g/mol. The standard InChI is InChI=1S/C22H28O2/c1-4-11-19-15-8-9-16-20(19)21(23)24-22(2,3)17-10-14-18-12-6-5-7-13-18/h5-9,12-13,15-16H,4,10-11,14,17H2,1-3H3. The fourth-order valence-electron chi connectivity index (χ4n) is 2.93. The maximum absolute atomic E-state index is 12.6. The van der Waals surface area contributed by atoms with E-state index in [0.29, 0.717) is 5.56 Å². The molecule has 0 aliphatic carbocycles. The number of esters is 1. The number of ether oxygens (including phenoxy) is 1. The topological polar surface area (TPSA) is 26.3 Å². The number of carbonyl (C=O) groups excluding carboxylic acids is 1. The van der Waals surface area contributed by atoms with Gasteiger partial charge in [0, 0.05) is 0 Å². The first-order valence-electron chi connectivity index (χ1n) is 8.87. The van der Waals surface area contributed by atoms with Crippen molar-refractivity contribution in [3.63, 3.8) is 0 Å². The summed E-state index contributed by atoms with van der Waals surface area (Å²) in [5, 5.41) is 0. The summed E-state index contributed by atoms with van der Waals surface area (Å²) in [5.41, 5.74) is 2.65. The number of hydrogen-bond donors (Lipinski definition) is 0. The van der Waals surface area contributed by atoms with Crippen molar-refractivity contribution < 1.29 is 9.53 Å². The molecule has 0 aliphatic heterocycles. The van der Waals surface area contributed by atoms with E-state index in [-0.39, 0.29) is 5.97 Å². The average molecular weight is 324 g/mol. The molecule has 0 N–H and O–H groups in total. The van der Waals surface area contributed by atoms with Crippen molar-refractivity contribution in [3.8, 4) is 0 Å². The van der Waals surface area contributed by atoms with Crippen LogP contribution in [0.4, 0.5) is 0 Å². The van der Waals surface area contributed by atoms with Crippen LogP contribution in [0.25, 0.3) is 0 Å². The molecule has 0 saturated carbocycles. The predicted molar refractivity (Wildman–Crippen MR) is 99.3 cm³/mol. The van der Waals surface area contributed by atoms with Crippen LogP contribution in [0.2, 0.25) is 0 Å². The van der Waals surface area contributed by atoms with Crippen molar-refractivity contribution in [1.29, 1.82) is 0 Å². The van der Waals surface area contributed by atoms with Gasteiger partial charge in [-0.3, -0.25) is 0 Å². The van der Waals surface area contributed by atoms with Crippen molar-refractivity contribution in [2.75, 3.05) is 0 Å². The lowest BCUT2D eigenvalue weighted by Crippen LogP contribution is -2.28. The number of hydrogen-bond acceptors (Lipinski definition) is 2. The minimum absolute atomic E-state index is 0.205. The van der Waals surface area contributed by atoms with E-state index in [1.54, 1.807) is 0 Å².